The Morgan fingerprint density at radius 3 is 2.57 bits per heavy atom. The number of anilines is 1. The van der Waals surface area contributed by atoms with Crippen LogP contribution in [0, 0.1) is 19.8 Å². The minimum absolute atomic E-state index is 0.0962. The topological polar surface area (TPSA) is 149 Å². The van der Waals surface area contributed by atoms with Crippen molar-refractivity contribution in [1.29, 1.82) is 0 Å². The van der Waals surface area contributed by atoms with Crippen molar-refractivity contribution in [2.24, 2.45) is 5.92 Å². The molecular weight excluding hydrogens is 388 g/mol. The van der Waals surface area contributed by atoms with Crippen LogP contribution in [0.15, 0.2) is 0 Å². The maximum atomic E-state index is 12.4. The molecule has 4 N–H and O–H groups in total. The molecule has 2 unspecified atom stereocenters. The zero-order valence-electron chi connectivity index (χ0n) is 15.7. The highest BCUT2D eigenvalue weighted by Crippen LogP contribution is 2.21. The molecule has 10 nitrogen and oxygen atoms in total. The van der Waals surface area contributed by atoms with E-state index in [1.54, 1.807) is 0 Å². The van der Waals surface area contributed by atoms with Crippen LogP contribution < -0.4 is 10.6 Å². The lowest BCUT2D eigenvalue weighted by atomic mass is 9.96. The van der Waals surface area contributed by atoms with Crippen molar-refractivity contribution in [2.75, 3.05) is 25.0 Å². The van der Waals surface area contributed by atoms with Crippen LogP contribution in [0.1, 0.15) is 29.8 Å². The molecule has 1 saturated heterocycles. The van der Waals surface area contributed by atoms with Gasteiger partial charge in [-0.15, -0.1) is 11.3 Å². The number of aliphatic carboxylic acids is 2. The molecule has 154 valence electrons. The summed E-state index contributed by atoms with van der Waals surface area (Å²) < 4.78 is 0. The molecule has 2 atom stereocenters. The van der Waals surface area contributed by atoms with Gasteiger partial charge in [0.15, 0.2) is 5.13 Å². The molecule has 1 aromatic heterocycles. The van der Waals surface area contributed by atoms with Gasteiger partial charge in [0.1, 0.15) is 6.04 Å². The zero-order valence-corrected chi connectivity index (χ0v) is 16.5. The van der Waals surface area contributed by atoms with E-state index >= 15 is 0 Å². The molecular formula is C17H24N4O6S. The SMILES string of the molecule is Cc1nc(NC(=O)CN2CCCC(C(=O)NC(CC(=O)O)C(=O)O)C2)sc1C. The second kappa shape index (κ2) is 9.60. The fourth-order valence-electron chi connectivity index (χ4n) is 2.97. The number of amides is 2. The fraction of sp³-hybridized carbons (Fsp3) is 0.588. The van der Waals surface area contributed by atoms with E-state index in [0.29, 0.717) is 31.1 Å². The molecule has 0 bridgehead atoms. The number of aromatic nitrogens is 1. The van der Waals surface area contributed by atoms with Crippen molar-refractivity contribution >= 4 is 40.2 Å². The summed E-state index contributed by atoms with van der Waals surface area (Å²) in [5.41, 5.74) is 0.865. The molecule has 2 rings (SSSR count). The average Bonchev–Trinajstić information content (AvgIpc) is 2.91. The molecule has 0 aliphatic carbocycles. The first kappa shape index (κ1) is 21.8. The summed E-state index contributed by atoms with van der Waals surface area (Å²) in [7, 11) is 0. The van der Waals surface area contributed by atoms with E-state index in [4.69, 9.17) is 10.2 Å². The predicted molar refractivity (Wildman–Crippen MR) is 101 cm³/mol. The van der Waals surface area contributed by atoms with Gasteiger partial charge in [0.25, 0.3) is 0 Å². The number of carboxylic acid groups (broad SMARTS) is 2. The highest BCUT2D eigenvalue weighted by molar-refractivity contribution is 7.15. The third-order valence-electron chi connectivity index (χ3n) is 4.51. The molecule has 0 aromatic carbocycles. The van der Waals surface area contributed by atoms with Crippen LogP contribution in [-0.4, -0.2) is 69.5 Å². The van der Waals surface area contributed by atoms with E-state index in [1.807, 2.05) is 18.7 Å². The number of nitrogens with zero attached hydrogens (tertiary/aromatic N) is 2. The van der Waals surface area contributed by atoms with E-state index in [2.05, 4.69) is 15.6 Å². The lowest BCUT2D eigenvalue weighted by Gasteiger charge is -2.31. The number of carbonyl (C=O) groups is 4. The fourth-order valence-corrected chi connectivity index (χ4v) is 3.80. The summed E-state index contributed by atoms with van der Waals surface area (Å²) in [4.78, 5) is 53.6. The number of nitrogens with one attached hydrogen (secondary N) is 2. The van der Waals surface area contributed by atoms with E-state index in [0.717, 1.165) is 10.6 Å². The van der Waals surface area contributed by atoms with Crippen LogP contribution in [0.25, 0.3) is 0 Å². The molecule has 1 fully saturated rings. The van der Waals surface area contributed by atoms with Crippen LogP contribution in [0.3, 0.4) is 0 Å². The zero-order chi connectivity index (χ0) is 20.8. The number of thiazole rings is 1. The van der Waals surface area contributed by atoms with Crippen LogP contribution >= 0.6 is 11.3 Å². The second-order valence-corrected chi connectivity index (χ2v) is 7.98. The largest absolute Gasteiger partial charge is 0.481 e. The Bertz CT molecular complexity index is 745. The lowest BCUT2D eigenvalue weighted by molar-refractivity contribution is -0.147. The van der Waals surface area contributed by atoms with Gasteiger partial charge in [0, 0.05) is 11.4 Å². The predicted octanol–water partition coefficient (Wildman–Crippen LogP) is 0.455. The molecule has 1 aliphatic heterocycles. The monoisotopic (exact) mass is 412 g/mol. The lowest BCUT2D eigenvalue weighted by Crippen LogP contribution is -2.49. The molecule has 2 heterocycles. The second-order valence-electron chi connectivity index (χ2n) is 6.78. The van der Waals surface area contributed by atoms with Crippen molar-refractivity contribution in [3.8, 4) is 0 Å². The molecule has 28 heavy (non-hydrogen) atoms. The minimum Gasteiger partial charge on any atom is -0.481 e. The summed E-state index contributed by atoms with van der Waals surface area (Å²) in [6.07, 6.45) is 0.540. The summed E-state index contributed by atoms with van der Waals surface area (Å²) in [6.45, 7) is 4.83. The van der Waals surface area contributed by atoms with Gasteiger partial charge in [0.2, 0.25) is 11.8 Å². The van der Waals surface area contributed by atoms with Crippen LogP contribution in [0.2, 0.25) is 0 Å². The smallest absolute Gasteiger partial charge is 0.326 e. The Morgan fingerprint density at radius 1 is 1.29 bits per heavy atom. The Kier molecular flexibility index (Phi) is 7.46. The number of likely N-dealkylation sites (tertiary alicyclic amines) is 1. The highest BCUT2D eigenvalue weighted by Gasteiger charge is 2.30. The van der Waals surface area contributed by atoms with Gasteiger partial charge in [-0.2, -0.15) is 0 Å². The Morgan fingerprint density at radius 2 is 2.00 bits per heavy atom. The number of hydrogen-bond donors (Lipinski definition) is 4. The molecule has 0 saturated carbocycles. The standard InChI is InChI=1S/C17H24N4O6S/c1-9-10(2)28-17(18-9)20-13(22)8-21-5-3-4-11(7-21)15(25)19-12(16(26)27)6-14(23)24/h11-12H,3-8H2,1-2H3,(H,19,25)(H,23,24)(H,26,27)(H,18,20,22). The molecule has 1 aliphatic rings. The number of piperidine rings is 1. The number of rotatable bonds is 8. The van der Waals surface area contributed by atoms with Crippen molar-refractivity contribution in [1.82, 2.24) is 15.2 Å². The van der Waals surface area contributed by atoms with Gasteiger partial charge in [-0.25, -0.2) is 9.78 Å². The summed E-state index contributed by atoms with van der Waals surface area (Å²) in [5, 5.41) is 23.4. The molecule has 1 aromatic rings. The summed E-state index contributed by atoms with van der Waals surface area (Å²) in [5.74, 6) is -3.94. The highest BCUT2D eigenvalue weighted by atomic mass is 32.1. The summed E-state index contributed by atoms with van der Waals surface area (Å²) in [6, 6.07) is -1.47. The van der Waals surface area contributed by atoms with Crippen molar-refractivity contribution < 1.29 is 29.4 Å². The van der Waals surface area contributed by atoms with Crippen LogP contribution in [-0.2, 0) is 19.2 Å². The van der Waals surface area contributed by atoms with Crippen LogP contribution in [0.4, 0.5) is 5.13 Å². The molecule has 0 spiro atoms. The number of carbonyl (C=O) groups excluding carboxylic acids is 2. The third-order valence-corrected chi connectivity index (χ3v) is 5.50. The van der Waals surface area contributed by atoms with Gasteiger partial charge in [-0.05, 0) is 33.2 Å². The van der Waals surface area contributed by atoms with Crippen LogP contribution in [0.5, 0.6) is 0 Å². The first-order chi connectivity index (χ1) is 13.2. The minimum atomic E-state index is -1.47. The van der Waals surface area contributed by atoms with E-state index in [-0.39, 0.29) is 12.5 Å². The van der Waals surface area contributed by atoms with Gasteiger partial charge >= 0.3 is 11.9 Å². The van der Waals surface area contributed by atoms with E-state index < -0.39 is 36.2 Å². The van der Waals surface area contributed by atoms with Crippen molar-refractivity contribution in [2.45, 2.75) is 39.2 Å². The number of aryl methyl sites for hydroxylation is 2. The van der Waals surface area contributed by atoms with Gasteiger partial charge in [-0.1, -0.05) is 0 Å². The number of hydrogen-bond acceptors (Lipinski definition) is 7. The maximum Gasteiger partial charge on any atom is 0.326 e. The maximum absolute atomic E-state index is 12.4. The van der Waals surface area contributed by atoms with Gasteiger partial charge in [-0.3, -0.25) is 19.3 Å². The van der Waals surface area contributed by atoms with Gasteiger partial charge in [0.05, 0.1) is 24.6 Å². The average molecular weight is 412 g/mol. The Balaban J connectivity index is 1.88. The Labute approximate surface area is 165 Å². The first-order valence-corrected chi connectivity index (χ1v) is 9.68. The molecule has 11 heteroatoms. The molecule has 0 radical (unpaired) electrons. The quantitative estimate of drug-likeness (QED) is 0.481. The van der Waals surface area contributed by atoms with Crippen molar-refractivity contribution in [3.05, 3.63) is 10.6 Å². The van der Waals surface area contributed by atoms with E-state index in [1.165, 1.54) is 11.3 Å². The number of carboxylic acids is 2. The van der Waals surface area contributed by atoms with Gasteiger partial charge < -0.3 is 20.8 Å². The van der Waals surface area contributed by atoms with Crippen molar-refractivity contribution in [3.63, 3.8) is 0 Å². The normalized spacial score (nSPS) is 18.3. The Hall–Kier alpha value is -2.53. The third kappa shape index (κ3) is 6.27. The first-order valence-electron chi connectivity index (χ1n) is 8.87. The summed E-state index contributed by atoms with van der Waals surface area (Å²) >= 11 is 1.40. The van der Waals surface area contributed by atoms with E-state index in [9.17, 15) is 19.2 Å². The molecule has 2 amide bonds.